The Morgan fingerprint density at radius 2 is 0.897 bits per heavy atom. The van der Waals surface area contributed by atoms with Gasteiger partial charge in [-0.25, -0.2) is 0 Å². The Labute approximate surface area is 178 Å². The third-order valence-corrected chi connectivity index (χ3v) is 5.13. The van der Waals surface area contributed by atoms with Gasteiger partial charge in [-0.1, -0.05) is 86.3 Å². The van der Waals surface area contributed by atoms with E-state index in [0.717, 1.165) is 39.4 Å². The standard InChI is InChI=1S/C26H40N2O/c1(11-19-27-23-25-15-7-5-8-16-25)3-13-21-29-22-14-4-2-12-20-28-24-26-17-9-6-10-18-26/h5-10,15-18,27-28H,1-4,11-14,19-24H2. The van der Waals surface area contributed by atoms with Gasteiger partial charge in [-0.2, -0.15) is 0 Å². The molecule has 0 saturated heterocycles. The minimum atomic E-state index is 0.927. The van der Waals surface area contributed by atoms with Crippen LogP contribution in [0, 0.1) is 0 Å². The summed E-state index contributed by atoms with van der Waals surface area (Å²) in [6.07, 6.45) is 10.0. The van der Waals surface area contributed by atoms with Crippen molar-refractivity contribution >= 4 is 0 Å². The summed E-state index contributed by atoms with van der Waals surface area (Å²) in [7, 11) is 0. The zero-order valence-corrected chi connectivity index (χ0v) is 18.1. The largest absolute Gasteiger partial charge is 0.381 e. The minimum absolute atomic E-state index is 0.927. The van der Waals surface area contributed by atoms with E-state index in [1.165, 1.54) is 62.5 Å². The maximum atomic E-state index is 5.77. The summed E-state index contributed by atoms with van der Waals surface area (Å²) >= 11 is 0. The summed E-state index contributed by atoms with van der Waals surface area (Å²) in [6, 6.07) is 21.2. The maximum absolute atomic E-state index is 5.77. The number of benzene rings is 2. The van der Waals surface area contributed by atoms with Crippen LogP contribution in [-0.2, 0) is 17.8 Å². The quantitative estimate of drug-likeness (QED) is 0.317. The van der Waals surface area contributed by atoms with E-state index in [-0.39, 0.29) is 0 Å². The predicted octanol–water partition coefficient (Wildman–Crippen LogP) is 5.70. The molecule has 0 radical (unpaired) electrons. The molecule has 2 rings (SSSR count). The molecule has 3 heteroatoms. The molecule has 29 heavy (non-hydrogen) atoms. The molecule has 0 unspecified atom stereocenters. The van der Waals surface area contributed by atoms with Gasteiger partial charge < -0.3 is 15.4 Å². The number of hydrogen-bond donors (Lipinski definition) is 2. The fourth-order valence-corrected chi connectivity index (χ4v) is 3.37. The van der Waals surface area contributed by atoms with Crippen LogP contribution in [-0.4, -0.2) is 26.3 Å². The molecule has 0 fully saturated rings. The number of hydrogen-bond acceptors (Lipinski definition) is 3. The lowest BCUT2D eigenvalue weighted by Crippen LogP contribution is -2.14. The van der Waals surface area contributed by atoms with Crippen molar-refractivity contribution in [1.82, 2.24) is 10.6 Å². The Hall–Kier alpha value is -1.68. The molecule has 0 heterocycles. The van der Waals surface area contributed by atoms with Crippen LogP contribution in [0.5, 0.6) is 0 Å². The molecule has 0 aliphatic carbocycles. The molecule has 0 amide bonds. The second kappa shape index (κ2) is 17.2. The lowest BCUT2D eigenvalue weighted by molar-refractivity contribution is 0.125. The van der Waals surface area contributed by atoms with E-state index >= 15 is 0 Å². The van der Waals surface area contributed by atoms with Gasteiger partial charge >= 0.3 is 0 Å². The average Bonchev–Trinajstić information content (AvgIpc) is 2.77. The third-order valence-electron chi connectivity index (χ3n) is 5.13. The number of rotatable bonds is 18. The highest BCUT2D eigenvalue weighted by Crippen LogP contribution is 2.04. The van der Waals surface area contributed by atoms with Crippen molar-refractivity contribution < 1.29 is 4.74 Å². The zero-order chi connectivity index (χ0) is 20.2. The van der Waals surface area contributed by atoms with Crippen LogP contribution in [0.3, 0.4) is 0 Å². The second-order valence-corrected chi connectivity index (χ2v) is 7.77. The summed E-state index contributed by atoms with van der Waals surface area (Å²) in [5.41, 5.74) is 2.73. The first-order valence-corrected chi connectivity index (χ1v) is 11.5. The fourth-order valence-electron chi connectivity index (χ4n) is 3.37. The topological polar surface area (TPSA) is 33.3 Å². The molecule has 2 N–H and O–H groups in total. The van der Waals surface area contributed by atoms with Crippen molar-refractivity contribution in [2.24, 2.45) is 0 Å². The highest BCUT2D eigenvalue weighted by atomic mass is 16.5. The number of nitrogens with one attached hydrogen (secondary N) is 2. The molecule has 0 aliphatic rings. The molecule has 160 valence electrons. The van der Waals surface area contributed by atoms with Crippen molar-refractivity contribution in [2.45, 2.75) is 64.5 Å². The summed E-state index contributed by atoms with van der Waals surface area (Å²) in [6.45, 7) is 6.03. The Morgan fingerprint density at radius 3 is 1.34 bits per heavy atom. The van der Waals surface area contributed by atoms with Gasteiger partial charge in [0.2, 0.25) is 0 Å². The molecule has 2 aromatic rings. The SMILES string of the molecule is c1ccc(CNCCCCCCOCCCCCCNCc2ccccc2)cc1. The first-order valence-electron chi connectivity index (χ1n) is 11.5. The van der Waals surface area contributed by atoms with E-state index in [2.05, 4.69) is 71.3 Å². The molecule has 0 bridgehead atoms. The maximum Gasteiger partial charge on any atom is 0.0466 e. The first-order chi connectivity index (χ1) is 14.4. The normalized spacial score (nSPS) is 11.0. The van der Waals surface area contributed by atoms with Crippen molar-refractivity contribution in [3.05, 3.63) is 71.8 Å². The Balaban J connectivity index is 1.24. The molecule has 2 aromatic carbocycles. The van der Waals surface area contributed by atoms with Crippen LogP contribution in [0.25, 0.3) is 0 Å². The molecular formula is C26H40N2O. The van der Waals surface area contributed by atoms with Crippen LogP contribution in [0.15, 0.2) is 60.7 Å². The van der Waals surface area contributed by atoms with Gasteiger partial charge in [0.15, 0.2) is 0 Å². The van der Waals surface area contributed by atoms with Crippen molar-refractivity contribution in [2.75, 3.05) is 26.3 Å². The van der Waals surface area contributed by atoms with Crippen LogP contribution >= 0.6 is 0 Å². The van der Waals surface area contributed by atoms with E-state index in [9.17, 15) is 0 Å². The van der Waals surface area contributed by atoms with Crippen LogP contribution in [0.4, 0.5) is 0 Å². The number of ether oxygens (including phenoxy) is 1. The minimum Gasteiger partial charge on any atom is -0.381 e. The van der Waals surface area contributed by atoms with Crippen LogP contribution < -0.4 is 10.6 Å². The predicted molar refractivity (Wildman–Crippen MR) is 124 cm³/mol. The van der Waals surface area contributed by atoms with E-state index in [1.54, 1.807) is 0 Å². The van der Waals surface area contributed by atoms with Crippen LogP contribution in [0.2, 0.25) is 0 Å². The summed E-state index contributed by atoms with van der Waals surface area (Å²) in [5, 5.41) is 7.04. The molecule has 0 spiro atoms. The van der Waals surface area contributed by atoms with Crippen molar-refractivity contribution in [3.63, 3.8) is 0 Å². The average molecular weight is 397 g/mol. The van der Waals surface area contributed by atoms with Gasteiger partial charge in [-0.3, -0.25) is 0 Å². The van der Waals surface area contributed by atoms with E-state index < -0.39 is 0 Å². The van der Waals surface area contributed by atoms with Crippen LogP contribution in [0.1, 0.15) is 62.5 Å². The monoisotopic (exact) mass is 396 g/mol. The van der Waals surface area contributed by atoms with Crippen molar-refractivity contribution in [1.29, 1.82) is 0 Å². The molecule has 0 aliphatic heterocycles. The van der Waals surface area contributed by atoms with Gasteiger partial charge in [0.1, 0.15) is 0 Å². The lowest BCUT2D eigenvalue weighted by Gasteiger charge is -2.07. The molecule has 0 atom stereocenters. The smallest absolute Gasteiger partial charge is 0.0466 e. The van der Waals surface area contributed by atoms with Gasteiger partial charge in [0, 0.05) is 26.3 Å². The Morgan fingerprint density at radius 1 is 0.483 bits per heavy atom. The Bertz CT molecular complexity index is 535. The second-order valence-electron chi connectivity index (χ2n) is 7.77. The molecule has 0 aromatic heterocycles. The van der Waals surface area contributed by atoms with Gasteiger partial charge in [-0.05, 0) is 49.9 Å². The Kier molecular flexibility index (Phi) is 14.0. The summed E-state index contributed by atoms with van der Waals surface area (Å²) < 4.78 is 5.77. The molecule has 0 saturated carbocycles. The lowest BCUT2D eigenvalue weighted by atomic mass is 10.2. The van der Waals surface area contributed by atoms with Gasteiger partial charge in [-0.15, -0.1) is 0 Å². The van der Waals surface area contributed by atoms with E-state index in [1.807, 2.05) is 0 Å². The summed E-state index contributed by atoms with van der Waals surface area (Å²) in [4.78, 5) is 0. The van der Waals surface area contributed by atoms with Gasteiger partial charge in [0.05, 0.1) is 0 Å². The zero-order valence-electron chi connectivity index (χ0n) is 18.1. The molecule has 3 nitrogen and oxygen atoms in total. The fraction of sp³-hybridized carbons (Fsp3) is 0.538. The summed E-state index contributed by atoms with van der Waals surface area (Å²) in [5.74, 6) is 0. The first kappa shape index (κ1) is 23.6. The van der Waals surface area contributed by atoms with Gasteiger partial charge in [0.25, 0.3) is 0 Å². The van der Waals surface area contributed by atoms with E-state index in [4.69, 9.17) is 4.74 Å². The highest BCUT2D eigenvalue weighted by molar-refractivity contribution is 5.14. The third kappa shape index (κ3) is 13.2. The van der Waals surface area contributed by atoms with E-state index in [0.29, 0.717) is 0 Å². The number of unbranched alkanes of at least 4 members (excludes halogenated alkanes) is 6. The highest BCUT2D eigenvalue weighted by Gasteiger charge is 1.95. The van der Waals surface area contributed by atoms with Crippen molar-refractivity contribution in [3.8, 4) is 0 Å². The molecular weight excluding hydrogens is 356 g/mol.